The van der Waals surface area contributed by atoms with Crippen molar-refractivity contribution in [3.8, 4) is 0 Å². The number of nitrogens with zero attached hydrogens (tertiary/aromatic N) is 1. The summed E-state index contributed by atoms with van der Waals surface area (Å²) in [7, 11) is 0. The van der Waals surface area contributed by atoms with Crippen LogP contribution in [0.5, 0.6) is 0 Å². The second-order valence-corrected chi connectivity index (χ2v) is 5.81. The fraction of sp³-hybridized carbons (Fsp3) is 0.235. The maximum atomic E-state index is 12.7. The van der Waals surface area contributed by atoms with Gasteiger partial charge in [-0.1, -0.05) is 36.4 Å². The number of nitrogens with one attached hydrogen (secondary N) is 1. The van der Waals surface area contributed by atoms with Gasteiger partial charge in [-0.15, -0.1) is 0 Å². The predicted octanol–water partition coefficient (Wildman–Crippen LogP) is 2.08. The Labute approximate surface area is 132 Å². The van der Waals surface area contributed by atoms with E-state index in [1.807, 2.05) is 36.4 Å². The van der Waals surface area contributed by atoms with Gasteiger partial charge in [0.15, 0.2) is 0 Å². The van der Waals surface area contributed by atoms with E-state index in [1.165, 1.54) is 6.92 Å². The standard InChI is InChI=1S/C17H16N2O4/c1-10(14(20)21)19-15(22)17(2,18-16(19)23)13-8-7-11-5-3-4-6-12(11)9-13/h3-10H,1-2H3,(H,18,23)(H,20,21). The highest BCUT2D eigenvalue weighted by molar-refractivity contribution is 6.09. The Morgan fingerprint density at radius 3 is 2.48 bits per heavy atom. The van der Waals surface area contributed by atoms with Crippen molar-refractivity contribution >= 4 is 28.7 Å². The molecule has 118 valence electrons. The van der Waals surface area contributed by atoms with Crippen LogP contribution in [0.1, 0.15) is 19.4 Å². The fourth-order valence-corrected chi connectivity index (χ4v) is 2.82. The molecule has 1 heterocycles. The number of carbonyl (C=O) groups excluding carboxylic acids is 2. The SMILES string of the molecule is CC(C(=O)O)N1C(=O)NC(C)(c2ccc3ccccc3c2)C1=O. The largest absolute Gasteiger partial charge is 0.480 e. The molecule has 6 nitrogen and oxygen atoms in total. The highest BCUT2D eigenvalue weighted by atomic mass is 16.4. The van der Waals surface area contributed by atoms with E-state index in [0.29, 0.717) is 5.56 Å². The van der Waals surface area contributed by atoms with E-state index in [4.69, 9.17) is 5.11 Å². The summed E-state index contributed by atoms with van der Waals surface area (Å²) in [5.74, 6) is -1.79. The highest BCUT2D eigenvalue weighted by Gasteiger charge is 2.51. The van der Waals surface area contributed by atoms with Gasteiger partial charge in [-0.3, -0.25) is 4.79 Å². The zero-order valence-corrected chi connectivity index (χ0v) is 12.7. The van der Waals surface area contributed by atoms with Gasteiger partial charge in [0.25, 0.3) is 5.91 Å². The molecule has 1 fully saturated rings. The molecule has 3 rings (SSSR count). The molecule has 2 N–H and O–H groups in total. The van der Waals surface area contributed by atoms with Gasteiger partial charge in [-0.25, -0.2) is 14.5 Å². The van der Waals surface area contributed by atoms with Crippen molar-refractivity contribution in [3.05, 3.63) is 48.0 Å². The topological polar surface area (TPSA) is 86.7 Å². The normalized spacial score (nSPS) is 22.3. The summed E-state index contributed by atoms with van der Waals surface area (Å²) in [6.45, 7) is 2.90. The van der Waals surface area contributed by atoms with Crippen LogP contribution in [0.15, 0.2) is 42.5 Å². The van der Waals surface area contributed by atoms with Crippen LogP contribution in [0.3, 0.4) is 0 Å². The highest BCUT2D eigenvalue weighted by Crippen LogP contribution is 2.31. The van der Waals surface area contributed by atoms with Gasteiger partial charge in [-0.05, 0) is 36.2 Å². The summed E-state index contributed by atoms with van der Waals surface area (Å²) < 4.78 is 0. The van der Waals surface area contributed by atoms with Crippen molar-refractivity contribution in [1.82, 2.24) is 10.2 Å². The van der Waals surface area contributed by atoms with Crippen molar-refractivity contribution in [2.45, 2.75) is 25.4 Å². The molecule has 2 aromatic carbocycles. The quantitative estimate of drug-likeness (QED) is 0.850. The summed E-state index contributed by atoms with van der Waals surface area (Å²) in [6.07, 6.45) is 0. The van der Waals surface area contributed by atoms with Gasteiger partial charge in [0.2, 0.25) is 0 Å². The number of imide groups is 1. The number of amides is 3. The number of benzene rings is 2. The lowest BCUT2D eigenvalue weighted by Gasteiger charge is -2.23. The lowest BCUT2D eigenvalue weighted by atomic mass is 9.90. The Morgan fingerprint density at radius 2 is 1.83 bits per heavy atom. The van der Waals surface area contributed by atoms with Crippen LogP contribution in [-0.4, -0.2) is 34.0 Å². The van der Waals surface area contributed by atoms with Crippen LogP contribution in [0.25, 0.3) is 10.8 Å². The van der Waals surface area contributed by atoms with E-state index in [2.05, 4.69) is 5.32 Å². The maximum absolute atomic E-state index is 12.7. The number of carboxylic acid groups (broad SMARTS) is 1. The molecule has 6 heteroatoms. The number of fused-ring (bicyclic) bond motifs is 1. The number of carboxylic acids is 1. The minimum Gasteiger partial charge on any atom is -0.480 e. The molecule has 3 amide bonds. The van der Waals surface area contributed by atoms with Gasteiger partial charge in [0.1, 0.15) is 11.6 Å². The third kappa shape index (κ3) is 2.23. The average molecular weight is 312 g/mol. The Morgan fingerprint density at radius 1 is 1.17 bits per heavy atom. The molecular formula is C17H16N2O4. The molecular weight excluding hydrogens is 296 g/mol. The lowest BCUT2D eigenvalue weighted by molar-refractivity contribution is -0.147. The molecule has 0 aliphatic carbocycles. The molecule has 0 bridgehead atoms. The van der Waals surface area contributed by atoms with Crippen LogP contribution in [-0.2, 0) is 15.1 Å². The van der Waals surface area contributed by atoms with Crippen molar-refractivity contribution in [1.29, 1.82) is 0 Å². The van der Waals surface area contributed by atoms with Crippen LogP contribution in [0.2, 0.25) is 0 Å². The third-order valence-corrected chi connectivity index (χ3v) is 4.29. The number of rotatable bonds is 3. The Balaban J connectivity index is 2.05. The number of hydrogen-bond acceptors (Lipinski definition) is 3. The molecule has 0 radical (unpaired) electrons. The third-order valence-electron chi connectivity index (χ3n) is 4.29. The van der Waals surface area contributed by atoms with E-state index >= 15 is 0 Å². The van der Waals surface area contributed by atoms with Crippen LogP contribution in [0.4, 0.5) is 4.79 Å². The summed E-state index contributed by atoms with van der Waals surface area (Å²) in [6, 6.07) is 11.3. The molecule has 1 saturated heterocycles. The first-order chi connectivity index (χ1) is 10.8. The molecule has 2 atom stereocenters. The van der Waals surface area contributed by atoms with Gasteiger partial charge in [-0.2, -0.15) is 0 Å². The Kier molecular flexibility index (Phi) is 3.32. The van der Waals surface area contributed by atoms with Crippen molar-refractivity contribution in [3.63, 3.8) is 0 Å². The second kappa shape index (κ2) is 5.08. The zero-order chi connectivity index (χ0) is 16.8. The van der Waals surface area contributed by atoms with E-state index in [-0.39, 0.29) is 0 Å². The number of hydrogen-bond donors (Lipinski definition) is 2. The average Bonchev–Trinajstić information content (AvgIpc) is 2.76. The predicted molar refractivity (Wildman–Crippen MR) is 83.8 cm³/mol. The fourth-order valence-electron chi connectivity index (χ4n) is 2.82. The number of urea groups is 1. The minimum atomic E-state index is -1.27. The van der Waals surface area contributed by atoms with Gasteiger partial charge < -0.3 is 10.4 Å². The van der Waals surface area contributed by atoms with E-state index < -0.39 is 29.5 Å². The van der Waals surface area contributed by atoms with Crippen molar-refractivity contribution in [2.24, 2.45) is 0 Å². The zero-order valence-electron chi connectivity index (χ0n) is 12.7. The van der Waals surface area contributed by atoms with E-state index in [0.717, 1.165) is 15.7 Å². The molecule has 0 spiro atoms. The smallest absolute Gasteiger partial charge is 0.326 e. The monoisotopic (exact) mass is 312 g/mol. The molecule has 23 heavy (non-hydrogen) atoms. The number of carbonyl (C=O) groups is 3. The first-order valence-corrected chi connectivity index (χ1v) is 7.22. The van der Waals surface area contributed by atoms with Crippen LogP contribution in [0, 0.1) is 0 Å². The Bertz CT molecular complexity index is 832. The molecule has 1 aliphatic rings. The summed E-state index contributed by atoms with van der Waals surface area (Å²) >= 11 is 0. The first-order valence-electron chi connectivity index (χ1n) is 7.22. The minimum absolute atomic E-state index is 0.562. The molecule has 0 saturated carbocycles. The van der Waals surface area contributed by atoms with E-state index in [9.17, 15) is 14.4 Å². The molecule has 2 unspecified atom stereocenters. The van der Waals surface area contributed by atoms with Crippen LogP contribution >= 0.6 is 0 Å². The van der Waals surface area contributed by atoms with Crippen LogP contribution < -0.4 is 5.32 Å². The Hall–Kier alpha value is -2.89. The molecule has 1 aliphatic heterocycles. The van der Waals surface area contributed by atoms with E-state index in [1.54, 1.807) is 13.0 Å². The maximum Gasteiger partial charge on any atom is 0.326 e. The molecule has 2 aromatic rings. The summed E-state index contributed by atoms with van der Waals surface area (Å²) in [5, 5.41) is 13.7. The van der Waals surface area contributed by atoms with Crippen molar-refractivity contribution < 1.29 is 19.5 Å². The molecule has 0 aromatic heterocycles. The van der Waals surface area contributed by atoms with Gasteiger partial charge in [0, 0.05) is 0 Å². The van der Waals surface area contributed by atoms with Crippen molar-refractivity contribution in [2.75, 3.05) is 0 Å². The summed E-state index contributed by atoms with van der Waals surface area (Å²) in [4.78, 5) is 36.7. The van der Waals surface area contributed by atoms with Gasteiger partial charge >= 0.3 is 12.0 Å². The van der Waals surface area contributed by atoms with Gasteiger partial charge in [0.05, 0.1) is 0 Å². The number of aliphatic carboxylic acids is 1. The second-order valence-electron chi connectivity index (χ2n) is 5.81. The summed E-state index contributed by atoms with van der Waals surface area (Å²) in [5.41, 5.74) is -0.653. The first kappa shape index (κ1) is 15.0. The lowest BCUT2D eigenvalue weighted by Crippen LogP contribution is -2.45.